The summed E-state index contributed by atoms with van der Waals surface area (Å²) in [5, 5.41) is 23.3. The van der Waals surface area contributed by atoms with Crippen molar-refractivity contribution < 1.29 is 9.84 Å². The highest BCUT2D eigenvalue weighted by molar-refractivity contribution is 5.60. The summed E-state index contributed by atoms with van der Waals surface area (Å²) in [6, 6.07) is 20.0. The second-order valence-corrected chi connectivity index (χ2v) is 8.56. The highest BCUT2D eigenvalue weighted by Gasteiger charge is 2.24. The van der Waals surface area contributed by atoms with Crippen LogP contribution in [0.25, 0.3) is 22.6 Å². The van der Waals surface area contributed by atoms with E-state index in [0.29, 0.717) is 29.3 Å². The fourth-order valence-electron chi connectivity index (χ4n) is 4.19. The predicted molar refractivity (Wildman–Crippen MR) is 129 cm³/mol. The summed E-state index contributed by atoms with van der Waals surface area (Å²) < 4.78 is 7.27. The molecule has 0 bridgehead atoms. The standard InChI is InChI=1S/C27H23N5O3/c28-14-18-3-1-5-20(11-18)25-9-10-26(34)32(31-25)17-19-4-2-6-21(12-19)27-29-15-24(16-30-27)35-23-8-7-22(33)13-23/h1-6,9-12,15-16,22-23,33H,7-8,13,17H2. The largest absolute Gasteiger partial charge is 0.487 e. The average Bonchev–Trinajstić information content (AvgIpc) is 3.30. The molecule has 1 N–H and O–H groups in total. The summed E-state index contributed by atoms with van der Waals surface area (Å²) in [7, 11) is 0. The van der Waals surface area contributed by atoms with Crippen molar-refractivity contribution in [1.29, 1.82) is 5.26 Å². The number of aromatic nitrogens is 4. The van der Waals surface area contributed by atoms with Gasteiger partial charge in [0.15, 0.2) is 11.6 Å². The molecule has 35 heavy (non-hydrogen) atoms. The van der Waals surface area contributed by atoms with E-state index in [9.17, 15) is 9.90 Å². The van der Waals surface area contributed by atoms with Crippen molar-refractivity contribution in [2.24, 2.45) is 0 Å². The van der Waals surface area contributed by atoms with Gasteiger partial charge in [-0.1, -0.05) is 30.3 Å². The van der Waals surface area contributed by atoms with Gasteiger partial charge in [-0.3, -0.25) is 4.79 Å². The molecule has 2 aromatic heterocycles. The zero-order valence-electron chi connectivity index (χ0n) is 18.9. The number of hydrogen-bond donors (Lipinski definition) is 1. The minimum absolute atomic E-state index is 0.00766. The molecule has 2 unspecified atom stereocenters. The summed E-state index contributed by atoms with van der Waals surface area (Å²) in [5.41, 5.74) is 3.40. The van der Waals surface area contributed by atoms with Gasteiger partial charge >= 0.3 is 0 Å². The summed E-state index contributed by atoms with van der Waals surface area (Å²) in [6.07, 6.45) is 5.18. The van der Waals surface area contributed by atoms with E-state index in [4.69, 9.17) is 10.00 Å². The topological polar surface area (TPSA) is 114 Å². The Morgan fingerprint density at radius 3 is 2.60 bits per heavy atom. The van der Waals surface area contributed by atoms with Gasteiger partial charge in [0, 0.05) is 23.6 Å². The van der Waals surface area contributed by atoms with Crippen LogP contribution in [0.2, 0.25) is 0 Å². The number of benzene rings is 2. The molecule has 0 spiro atoms. The Morgan fingerprint density at radius 1 is 1.03 bits per heavy atom. The Kier molecular flexibility index (Phi) is 6.33. The van der Waals surface area contributed by atoms with Crippen LogP contribution < -0.4 is 10.3 Å². The minimum atomic E-state index is -0.298. The Labute approximate surface area is 202 Å². The van der Waals surface area contributed by atoms with Crippen LogP contribution >= 0.6 is 0 Å². The quantitative estimate of drug-likeness (QED) is 0.463. The molecule has 5 rings (SSSR count). The molecule has 174 valence electrons. The van der Waals surface area contributed by atoms with Crippen LogP contribution in [0.5, 0.6) is 5.75 Å². The van der Waals surface area contributed by atoms with Crippen molar-refractivity contribution in [3.63, 3.8) is 0 Å². The van der Waals surface area contributed by atoms with E-state index in [-0.39, 0.29) is 24.3 Å². The van der Waals surface area contributed by atoms with E-state index in [1.165, 1.54) is 10.7 Å². The molecule has 8 nitrogen and oxygen atoms in total. The molecular formula is C27H23N5O3. The second kappa shape index (κ2) is 9.87. The summed E-state index contributed by atoms with van der Waals surface area (Å²) in [5.74, 6) is 1.13. The fourth-order valence-corrected chi connectivity index (χ4v) is 4.19. The van der Waals surface area contributed by atoms with Gasteiger partial charge in [0.25, 0.3) is 5.56 Å². The van der Waals surface area contributed by atoms with E-state index in [1.807, 2.05) is 30.3 Å². The lowest BCUT2D eigenvalue weighted by Crippen LogP contribution is -2.22. The first-order valence-electron chi connectivity index (χ1n) is 11.4. The van der Waals surface area contributed by atoms with Crippen LogP contribution in [0.15, 0.2) is 77.9 Å². The predicted octanol–water partition coefficient (Wildman–Crippen LogP) is 3.58. The summed E-state index contributed by atoms with van der Waals surface area (Å²) in [6.45, 7) is 0.281. The zero-order chi connectivity index (χ0) is 24.2. The number of aliphatic hydroxyl groups excluding tert-OH is 1. The molecule has 2 heterocycles. The SMILES string of the molecule is N#Cc1cccc(-c2ccc(=O)n(Cc3cccc(-c4ncc(OC5CCC(O)C5)cn4)c3)n2)c1. The molecule has 0 aliphatic heterocycles. The fraction of sp³-hybridized carbons (Fsp3) is 0.222. The number of hydrogen-bond acceptors (Lipinski definition) is 7. The third-order valence-corrected chi connectivity index (χ3v) is 5.96. The molecular weight excluding hydrogens is 442 g/mol. The number of rotatable bonds is 6. The molecule has 2 atom stereocenters. The Bertz CT molecular complexity index is 1440. The highest BCUT2D eigenvalue weighted by Crippen LogP contribution is 2.25. The lowest BCUT2D eigenvalue weighted by Gasteiger charge is -2.13. The van der Waals surface area contributed by atoms with Gasteiger partial charge in [-0.15, -0.1) is 0 Å². The summed E-state index contributed by atoms with van der Waals surface area (Å²) in [4.78, 5) is 21.4. The molecule has 4 aromatic rings. The number of aliphatic hydroxyl groups is 1. The van der Waals surface area contributed by atoms with Crippen molar-refractivity contribution in [2.75, 3.05) is 0 Å². The molecule has 0 saturated heterocycles. The monoisotopic (exact) mass is 465 g/mol. The Morgan fingerprint density at radius 2 is 1.83 bits per heavy atom. The van der Waals surface area contributed by atoms with E-state index in [2.05, 4.69) is 21.1 Å². The molecule has 1 aliphatic rings. The molecule has 0 radical (unpaired) electrons. The van der Waals surface area contributed by atoms with E-state index in [0.717, 1.165) is 29.5 Å². The summed E-state index contributed by atoms with van der Waals surface area (Å²) >= 11 is 0. The van der Waals surface area contributed by atoms with Crippen molar-refractivity contribution in [2.45, 2.75) is 38.0 Å². The molecule has 1 aliphatic carbocycles. The highest BCUT2D eigenvalue weighted by atomic mass is 16.5. The minimum Gasteiger partial charge on any atom is -0.487 e. The van der Waals surface area contributed by atoms with E-state index in [1.54, 1.807) is 36.7 Å². The van der Waals surface area contributed by atoms with Crippen LogP contribution in [0, 0.1) is 11.3 Å². The molecule has 1 saturated carbocycles. The van der Waals surface area contributed by atoms with Crippen LogP contribution in [-0.2, 0) is 6.54 Å². The van der Waals surface area contributed by atoms with Gasteiger partial charge in [-0.25, -0.2) is 14.6 Å². The van der Waals surface area contributed by atoms with Crippen molar-refractivity contribution >= 4 is 0 Å². The van der Waals surface area contributed by atoms with Gasteiger partial charge in [0.05, 0.1) is 42.4 Å². The maximum atomic E-state index is 12.5. The Hall–Kier alpha value is -4.35. The molecule has 0 amide bonds. The van der Waals surface area contributed by atoms with Crippen molar-refractivity contribution in [3.05, 3.63) is 94.5 Å². The van der Waals surface area contributed by atoms with Gasteiger partial charge in [0.2, 0.25) is 0 Å². The van der Waals surface area contributed by atoms with Gasteiger partial charge in [-0.05, 0) is 42.7 Å². The number of nitrogens with zero attached hydrogens (tertiary/aromatic N) is 5. The van der Waals surface area contributed by atoms with Crippen molar-refractivity contribution in [3.8, 4) is 34.5 Å². The molecule has 8 heteroatoms. The third-order valence-electron chi connectivity index (χ3n) is 5.96. The Balaban J connectivity index is 1.34. The van der Waals surface area contributed by atoms with Crippen LogP contribution in [0.3, 0.4) is 0 Å². The molecule has 1 fully saturated rings. The van der Waals surface area contributed by atoms with E-state index < -0.39 is 0 Å². The lowest BCUT2D eigenvalue weighted by molar-refractivity contribution is 0.149. The van der Waals surface area contributed by atoms with Gasteiger partial charge < -0.3 is 9.84 Å². The van der Waals surface area contributed by atoms with Crippen LogP contribution in [-0.4, -0.2) is 37.1 Å². The smallest absolute Gasteiger partial charge is 0.267 e. The normalized spacial score (nSPS) is 17.1. The first-order valence-corrected chi connectivity index (χ1v) is 11.4. The van der Waals surface area contributed by atoms with Gasteiger partial charge in [0.1, 0.15) is 6.10 Å². The molecule has 2 aromatic carbocycles. The maximum Gasteiger partial charge on any atom is 0.267 e. The third kappa shape index (κ3) is 5.26. The van der Waals surface area contributed by atoms with Crippen LogP contribution in [0.4, 0.5) is 0 Å². The van der Waals surface area contributed by atoms with Crippen LogP contribution in [0.1, 0.15) is 30.4 Å². The maximum absolute atomic E-state index is 12.5. The van der Waals surface area contributed by atoms with Gasteiger partial charge in [-0.2, -0.15) is 10.4 Å². The van der Waals surface area contributed by atoms with E-state index >= 15 is 0 Å². The van der Waals surface area contributed by atoms with Crippen molar-refractivity contribution in [1.82, 2.24) is 19.7 Å². The average molecular weight is 466 g/mol. The zero-order valence-corrected chi connectivity index (χ0v) is 18.9. The number of ether oxygens (including phenoxy) is 1. The number of nitriles is 1. The first-order chi connectivity index (χ1) is 17.1. The second-order valence-electron chi connectivity index (χ2n) is 8.56. The lowest BCUT2D eigenvalue weighted by atomic mass is 10.1. The first kappa shape index (κ1) is 22.4.